The van der Waals surface area contributed by atoms with Gasteiger partial charge in [-0.15, -0.1) is 11.3 Å². The van der Waals surface area contributed by atoms with E-state index in [-0.39, 0.29) is 11.9 Å². The first-order valence-corrected chi connectivity index (χ1v) is 11.2. The minimum absolute atomic E-state index is 0.182. The second kappa shape index (κ2) is 7.45. The van der Waals surface area contributed by atoms with Gasteiger partial charge in [0.15, 0.2) is 5.65 Å². The molecule has 0 unspecified atom stereocenters. The van der Waals surface area contributed by atoms with Crippen molar-refractivity contribution < 1.29 is 13.9 Å². The molecular formula is C23H19FN6O2S. The second-order valence-corrected chi connectivity index (χ2v) is 9.22. The number of aryl methyl sites for hydroxylation is 1. The summed E-state index contributed by atoms with van der Waals surface area (Å²) in [5, 5.41) is 5.51. The highest BCUT2D eigenvalue weighted by atomic mass is 32.1. The first-order valence-electron chi connectivity index (χ1n) is 10.4. The van der Waals surface area contributed by atoms with Crippen LogP contribution in [0.3, 0.4) is 0 Å². The van der Waals surface area contributed by atoms with Crippen molar-refractivity contribution in [3.05, 3.63) is 58.7 Å². The van der Waals surface area contributed by atoms with Gasteiger partial charge in [0.25, 0.3) is 0 Å². The minimum atomic E-state index is -0.528. The number of ether oxygens (including phenoxy) is 2. The smallest absolute Gasteiger partial charge is 0.319 e. The Labute approximate surface area is 192 Å². The molecule has 1 aromatic carbocycles. The molecule has 33 heavy (non-hydrogen) atoms. The summed E-state index contributed by atoms with van der Waals surface area (Å²) < 4.78 is 27.5. The van der Waals surface area contributed by atoms with Crippen LogP contribution in [0.2, 0.25) is 0 Å². The molecule has 0 spiro atoms. The van der Waals surface area contributed by atoms with Crippen LogP contribution in [0, 0.1) is 12.9 Å². The molecule has 0 aliphatic heterocycles. The zero-order chi connectivity index (χ0) is 22.7. The average molecular weight is 463 g/mol. The van der Waals surface area contributed by atoms with Crippen molar-refractivity contribution in [2.45, 2.75) is 25.2 Å². The van der Waals surface area contributed by atoms with Gasteiger partial charge in [0.1, 0.15) is 0 Å². The van der Waals surface area contributed by atoms with Crippen LogP contribution in [0.1, 0.15) is 34.4 Å². The van der Waals surface area contributed by atoms with Gasteiger partial charge in [-0.2, -0.15) is 19.0 Å². The van der Waals surface area contributed by atoms with Crippen LogP contribution >= 0.6 is 11.3 Å². The van der Waals surface area contributed by atoms with Crippen molar-refractivity contribution in [1.82, 2.24) is 29.5 Å². The Kier molecular flexibility index (Phi) is 4.51. The quantitative estimate of drug-likeness (QED) is 0.379. The average Bonchev–Trinajstić information content (AvgIpc) is 3.41. The second-order valence-electron chi connectivity index (χ2n) is 7.99. The van der Waals surface area contributed by atoms with Gasteiger partial charge in [0, 0.05) is 11.8 Å². The lowest BCUT2D eigenvalue weighted by Gasteiger charge is -2.11. The number of imidazole rings is 1. The lowest BCUT2D eigenvalue weighted by Crippen LogP contribution is -2.04. The summed E-state index contributed by atoms with van der Waals surface area (Å²) in [5.74, 6) is 0.302. The number of fused-ring (bicyclic) bond motifs is 2. The van der Waals surface area contributed by atoms with Gasteiger partial charge in [-0.3, -0.25) is 0 Å². The monoisotopic (exact) mass is 462 g/mol. The molecule has 8 nitrogen and oxygen atoms in total. The number of thiazole rings is 1. The zero-order valence-electron chi connectivity index (χ0n) is 18.1. The van der Waals surface area contributed by atoms with Crippen LogP contribution in [0.25, 0.3) is 27.1 Å². The molecule has 4 aromatic heterocycles. The molecule has 166 valence electrons. The van der Waals surface area contributed by atoms with E-state index < -0.39 is 5.95 Å². The number of rotatable bonds is 5. The zero-order valence-corrected chi connectivity index (χ0v) is 18.9. The van der Waals surface area contributed by atoms with E-state index in [0.717, 1.165) is 22.5 Å². The molecule has 1 fully saturated rings. The lowest BCUT2D eigenvalue weighted by atomic mass is 10.0. The molecule has 2 atom stereocenters. The number of hydrogen-bond donors (Lipinski definition) is 0. The number of aromatic nitrogens is 6. The van der Waals surface area contributed by atoms with Crippen molar-refractivity contribution in [1.29, 1.82) is 0 Å². The summed E-state index contributed by atoms with van der Waals surface area (Å²) in [4.78, 5) is 17.3. The van der Waals surface area contributed by atoms with E-state index in [1.54, 1.807) is 17.5 Å². The summed E-state index contributed by atoms with van der Waals surface area (Å²) in [6.45, 7) is 2.02. The lowest BCUT2D eigenvalue weighted by molar-refractivity contribution is 0.353. The number of nitrogens with zero attached hydrogens (tertiary/aromatic N) is 6. The van der Waals surface area contributed by atoms with Gasteiger partial charge in [-0.25, -0.2) is 15.0 Å². The predicted molar refractivity (Wildman–Crippen MR) is 122 cm³/mol. The Morgan fingerprint density at radius 3 is 2.76 bits per heavy atom. The number of halogens is 1. The van der Waals surface area contributed by atoms with Crippen LogP contribution in [-0.2, 0) is 0 Å². The molecule has 0 saturated heterocycles. The molecule has 4 heterocycles. The van der Waals surface area contributed by atoms with Gasteiger partial charge < -0.3 is 9.47 Å². The molecule has 1 aliphatic carbocycles. The topological polar surface area (TPSA) is 87.3 Å². The summed E-state index contributed by atoms with van der Waals surface area (Å²) in [5.41, 5.74) is 4.79. The maximum atomic E-state index is 14.6. The molecule has 1 saturated carbocycles. The number of hydrogen-bond acceptors (Lipinski definition) is 8. The molecule has 0 radical (unpaired) electrons. The van der Waals surface area contributed by atoms with Gasteiger partial charge in [-0.05, 0) is 48.9 Å². The number of methoxy groups -OCH3 is 2. The first-order chi connectivity index (χ1) is 16.1. The third kappa shape index (κ3) is 3.29. The molecule has 10 heteroatoms. The Hall–Kier alpha value is -3.66. The van der Waals surface area contributed by atoms with Crippen LogP contribution in [0.4, 0.5) is 4.39 Å². The van der Waals surface area contributed by atoms with Gasteiger partial charge >= 0.3 is 6.01 Å². The fourth-order valence-electron chi connectivity index (χ4n) is 4.34. The summed E-state index contributed by atoms with van der Waals surface area (Å²) >= 11 is 1.70. The predicted octanol–water partition coefficient (Wildman–Crippen LogP) is 4.53. The Morgan fingerprint density at radius 2 is 1.94 bits per heavy atom. The SMILES string of the molecule is COc1ncc(-c2cc([C@H]3C[C@@H]3c3ccc4nc(C)sc4c3)c3ncc(F)n3n2)c(OC)n1. The molecule has 5 aromatic rings. The minimum Gasteiger partial charge on any atom is -0.480 e. The van der Waals surface area contributed by atoms with E-state index in [9.17, 15) is 4.39 Å². The number of benzene rings is 1. The highest BCUT2D eigenvalue weighted by molar-refractivity contribution is 7.18. The van der Waals surface area contributed by atoms with Crippen LogP contribution < -0.4 is 9.47 Å². The Balaban J connectivity index is 1.44. The molecule has 0 N–H and O–H groups in total. The van der Waals surface area contributed by atoms with E-state index in [1.165, 1.54) is 35.2 Å². The maximum absolute atomic E-state index is 14.6. The van der Waals surface area contributed by atoms with Crippen molar-refractivity contribution >= 4 is 27.2 Å². The molecule has 0 bridgehead atoms. The summed E-state index contributed by atoms with van der Waals surface area (Å²) in [7, 11) is 2.99. The van der Waals surface area contributed by atoms with Crippen LogP contribution in [0.15, 0.2) is 36.7 Å². The first kappa shape index (κ1) is 20.0. The van der Waals surface area contributed by atoms with E-state index >= 15 is 0 Å². The van der Waals surface area contributed by atoms with E-state index in [4.69, 9.17) is 9.47 Å². The van der Waals surface area contributed by atoms with Gasteiger partial charge in [0.05, 0.1) is 46.9 Å². The Bertz CT molecular complexity index is 1530. The van der Waals surface area contributed by atoms with Crippen molar-refractivity contribution in [2.24, 2.45) is 0 Å². The van der Waals surface area contributed by atoms with Crippen LogP contribution in [0.5, 0.6) is 11.9 Å². The fourth-order valence-corrected chi connectivity index (χ4v) is 5.22. The van der Waals surface area contributed by atoms with Crippen molar-refractivity contribution in [3.8, 4) is 23.1 Å². The van der Waals surface area contributed by atoms with E-state index in [0.29, 0.717) is 28.7 Å². The molecule has 1 aliphatic rings. The van der Waals surface area contributed by atoms with Crippen molar-refractivity contribution in [3.63, 3.8) is 0 Å². The maximum Gasteiger partial charge on any atom is 0.319 e. The normalized spacial score (nSPS) is 17.6. The van der Waals surface area contributed by atoms with Gasteiger partial charge in [-0.1, -0.05) is 6.07 Å². The van der Waals surface area contributed by atoms with Gasteiger partial charge in [0.2, 0.25) is 11.8 Å². The van der Waals surface area contributed by atoms with E-state index in [1.807, 2.05) is 13.0 Å². The van der Waals surface area contributed by atoms with Crippen molar-refractivity contribution in [2.75, 3.05) is 14.2 Å². The summed E-state index contributed by atoms with van der Waals surface area (Å²) in [6, 6.07) is 8.55. The molecule has 6 rings (SSSR count). The van der Waals surface area contributed by atoms with Crippen LogP contribution in [-0.4, -0.2) is 43.8 Å². The molecule has 0 amide bonds. The highest BCUT2D eigenvalue weighted by Gasteiger charge is 2.42. The Morgan fingerprint density at radius 1 is 1.06 bits per heavy atom. The third-order valence-electron chi connectivity index (χ3n) is 5.98. The standard InChI is InChI=1S/C23H19FN6O2S/c1-11-27-17-5-4-12(6-19(17)33-11)13-7-14(13)15-8-18(29-30-20(24)10-25-21(15)30)16-9-26-23(32-3)28-22(16)31-2/h4-6,8-10,13-14H,7H2,1-3H3/t13-,14+/m1/s1. The highest BCUT2D eigenvalue weighted by Crippen LogP contribution is 2.56. The summed E-state index contributed by atoms with van der Waals surface area (Å²) in [6.07, 6.45) is 3.72. The van der Waals surface area contributed by atoms with E-state index in [2.05, 4.69) is 43.2 Å². The fraction of sp³-hybridized carbons (Fsp3) is 0.261. The third-order valence-corrected chi connectivity index (χ3v) is 6.91. The molecular weight excluding hydrogens is 443 g/mol. The largest absolute Gasteiger partial charge is 0.480 e.